The quantitative estimate of drug-likeness (QED) is 0.470. The first-order valence-corrected chi connectivity index (χ1v) is 3.45. The maximum absolute atomic E-state index is 8.83. The summed E-state index contributed by atoms with van der Waals surface area (Å²) in [6.07, 6.45) is 0.894. The fourth-order valence-electron chi connectivity index (χ4n) is 0.536. The molecule has 0 spiro atoms. The first-order chi connectivity index (χ1) is 3.39. The second kappa shape index (κ2) is 2.55. The molecule has 0 radical (unpaired) electrons. The van der Waals surface area contributed by atoms with Crippen LogP contribution in [0.5, 0.6) is 0 Å². The number of aliphatic hydroxyl groups is 1. The summed E-state index contributed by atoms with van der Waals surface area (Å²) in [6, 6.07) is 0. The van der Waals surface area contributed by atoms with Crippen molar-refractivity contribution in [3.63, 3.8) is 0 Å². The van der Waals surface area contributed by atoms with Crippen molar-refractivity contribution in [2.75, 3.05) is 12.4 Å². The first kappa shape index (κ1) is 5.41. The summed E-state index contributed by atoms with van der Waals surface area (Å²) in [5.41, 5.74) is -0.110. The highest BCUT2D eigenvalue weighted by atomic mass is 32.2. The van der Waals surface area contributed by atoms with E-state index in [0.717, 1.165) is 18.8 Å². The molecular weight excluding hydrogens is 110 g/mol. The lowest BCUT2D eigenvalue weighted by atomic mass is 10.4. The van der Waals surface area contributed by atoms with E-state index in [2.05, 4.69) is 5.32 Å². The fourth-order valence-corrected chi connectivity index (χ4v) is 1.28. The Morgan fingerprint density at radius 1 is 1.71 bits per heavy atom. The fraction of sp³-hybridized carbons (Fsp3) is 1.00. The summed E-state index contributed by atoms with van der Waals surface area (Å²) in [6.45, 7) is 0.966. The lowest BCUT2D eigenvalue weighted by molar-refractivity contribution is 0.246. The van der Waals surface area contributed by atoms with Gasteiger partial charge in [0.1, 0.15) is 5.44 Å². The van der Waals surface area contributed by atoms with Crippen LogP contribution in [0.3, 0.4) is 0 Å². The molecule has 0 aromatic rings. The van der Waals surface area contributed by atoms with Crippen LogP contribution in [0, 0.1) is 0 Å². The predicted molar refractivity (Wildman–Crippen MR) is 31.1 cm³/mol. The van der Waals surface area contributed by atoms with Crippen molar-refractivity contribution in [1.29, 1.82) is 0 Å². The Kier molecular flexibility index (Phi) is 1.97. The Balaban J connectivity index is 2.12. The number of hydrogen-bond donors (Lipinski definition) is 2. The Morgan fingerprint density at radius 2 is 2.57 bits per heavy atom. The number of aliphatic hydroxyl groups excluding tert-OH is 1. The van der Waals surface area contributed by atoms with E-state index in [1.807, 2.05) is 0 Å². The molecule has 1 saturated heterocycles. The van der Waals surface area contributed by atoms with Gasteiger partial charge in [-0.1, -0.05) is 0 Å². The van der Waals surface area contributed by atoms with E-state index in [-0.39, 0.29) is 5.44 Å². The van der Waals surface area contributed by atoms with Crippen molar-refractivity contribution >= 4 is 11.8 Å². The molecule has 0 aliphatic carbocycles. The molecule has 0 aromatic heterocycles. The maximum atomic E-state index is 8.83. The minimum atomic E-state index is -0.110. The Hall–Kier alpha value is 0.270. The van der Waals surface area contributed by atoms with E-state index in [1.54, 1.807) is 11.8 Å². The van der Waals surface area contributed by atoms with Gasteiger partial charge in [-0.2, -0.15) is 0 Å². The third-order valence-corrected chi connectivity index (χ3v) is 1.94. The zero-order chi connectivity index (χ0) is 5.11. The molecule has 3 heteroatoms. The monoisotopic (exact) mass is 119 g/mol. The SMILES string of the molecule is OC1CCNCS1. The van der Waals surface area contributed by atoms with Crippen LogP contribution in [0.2, 0.25) is 0 Å². The molecule has 2 N–H and O–H groups in total. The number of nitrogens with one attached hydrogen (secondary N) is 1. The van der Waals surface area contributed by atoms with Crippen LogP contribution >= 0.6 is 11.8 Å². The van der Waals surface area contributed by atoms with Crippen LogP contribution in [0.1, 0.15) is 6.42 Å². The zero-order valence-electron chi connectivity index (χ0n) is 4.05. The topological polar surface area (TPSA) is 32.3 Å². The van der Waals surface area contributed by atoms with E-state index in [9.17, 15) is 0 Å². The van der Waals surface area contributed by atoms with Crippen molar-refractivity contribution in [3.05, 3.63) is 0 Å². The van der Waals surface area contributed by atoms with Gasteiger partial charge in [0.25, 0.3) is 0 Å². The lowest BCUT2D eigenvalue weighted by Gasteiger charge is -2.15. The molecule has 2 nitrogen and oxygen atoms in total. The molecule has 7 heavy (non-hydrogen) atoms. The van der Waals surface area contributed by atoms with Gasteiger partial charge in [0.2, 0.25) is 0 Å². The van der Waals surface area contributed by atoms with Crippen molar-refractivity contribution < 1.29 is 5.11 Å². The van der Waals surface area contributed by atoms with Crippen LogP contribution in [0.25, 0.3) is 0 Å². The maximum Gasteiger partial charge on any atom is 0.102 e. The summed E-state index contributed by atoms with van der Waals surface area (Å²) in [7, 11) is 0. The van der Waals surface area contributed by atoms with Crippen molar-refractivity contribution in [2.24, 2.45) is 0 Å². The van der Waals surface area contributed by atoms with Crippen LogP contribution in [0.15, 0.2) is 0 Å². The van der Waals surface area contributed by atoms with Gasteiger partial charge in [-0.05, 0) is 13.0 Å². The largest absolute Gasteiger partial charge is 0.382 e. The van der Waals surface area contributed by atoms with E-state index in [1.165, 1.54) is 0 Å². The van der Waals surface area contributed by atoms with Gasteiger partial charge >= 0.3 is 0 Å². The second-order valence-electron chi connectivity index (χ2n) is 1.55. The molecule has 1 aliphatic rings. The molecule has 0 aromatic carbocycles. The van der Waals surface area contributed by atoms with Crippen LogP contribution in [0.4, 0.5) is 0 Å². The van der Waals surface area contributed by atoms with E-state index in [0.29, 0.717) is 0 Å². The molecule has 1 rings (SSSR count). The first-order valence-electron chi connectivity index (χ1n) is 2.40. The predicted octanol–water partition coefficient (Wildman–Crippen LogP) is -0.0112. The van der Waals surface area contributed by atoms with Crippen molar-refractivity contribution in [2.45, 2.75) is 11.9 Å². The Labute approximate surface area is 47.3 Å². The molecule has 1 unspecified atom stereocenters. The highest BCUT2D eigenvalue weighted by Gasteiger charge is 2.07. The van der Waals surface area contributed by atoms with E-state index < -0.39 is 0 Å². The highest BCUT2D eigenvalue weighted by molar-refractivity contribution is 7.99. The minimum absolute atomic E-state index is 0.110. The van der Waals surface area contributed by atoms with Gasteiger partial charge in [-0.3, -0.25) is 0 Å². The van der Waals surface area contributed by atoms with Crippen LogP contribution in [-0.2, 0) is 0 Å². The average Bonchev–Trinajstić information content (AvgIpc) is 1.69. The standard InChI is InChI=1S/C4H9NOS/c6-4-1-2-5-3-7-4/h4-6H,1-3H2. The molecule has 1 fully saturated rings. The number of thioether (sulfide) groups is 1. The van der Waals surface area contributed by atoms with Crippen LogP contribution in [-0.4, -0.2) is 23.0 Å². The van der Waals surface area contributed by atoms with Crippen molar-refractivity contribution in [1.82, 2.24) is 5.32 Å². The Morgan fingerprint density at radius 3 is 2.86 bits per heavy atom. The zero-order valence-corrected chi connectivity index (χ0v) is 4.87. The van der Waals surface area contributed by atoms with Gasteiger partial charge in [0, 0.05) is 5.88 Å². The lowest BCUT2D eigenvalue weighted by Crippen LogP contribution is -2.25. The van der Waals surface area contributed by atoms with Crippen LogP contribution < -0.4 is 5.32 Å². The van der Waals surface area contributed by atoms with Gasteiger partial charge in [0.15, 0.2) is 0 Å². The summed E-state index contributed by atoms with van der Waals surface area (Å²) in [5, 5.41) is 12.0. The molecule has 1 atom stereocenters. The molecule has 0 amide bonds. The molecule has 1 aliphatic heterocycles. The third kappa shape index (κ3) is 1.67. The number of rotatable bonds is 0. The summed E-state index contributed by atoms with van der Waals surface area (Å²) in [5.74, 6) is 0.904. The van der Waals surface area contributed by atoms with E-state index >= 15 is 0 Å². The molecule has 1 heterocycles. The molecular formula is C4H9NOS. The molecule has 42 valence electrons. The summed E-state index contributed by atoms with van der Waals surface area (Å²) >= 11 is 1.56. The third-order valence-electron chi connectivity index (χ3n) is 0.946. The smallest absolute Gasteiger partial charge is 0.102 e. The summed E-state index contributed by atoms with van der Waals surface area (Å²) < 4.78 is 0. The van der Waals surface area contributed by atoms with Gasteiger partial charge < -0.3 is 10.4 Å². The second-order valence-corrected chi connectivity index (χ2v) is 2.72. The van der Waals surface area contributed by atoms with Gasteiger partial charge in [0.05, 0.1) is 0 Å². The normalized spacial score (nSPS) is 33.0. The molecule has 0 saturated carbocycles. The van der Waals surface area contributed by atoms with Gasteiger partial charge in [-0.15, -0.1) is 11.8 Å². The van der Waals surface area contributed by atoms with E-state index in [4.69, 9.17) is 5.11 Å². The highest BCUT2D eigenvalue weighted by Crippen LogP contribution is 2.12. The summed E-state index contributed by atoms with van der Waals surface area (Å²) in [4.78, 5) is 0. The van der Waals surface area contributed by atoms with Crippen molar-refractivity contribution in [3.8, 4) is 0 Å². The molecule has 0 bridgehead atoms. The minimum Gasteiger partial charge on any atom is -0.382 e. The average molecular weight is 119 g/mol. The number of hydrogen-bond acceptors (Lipinski definition) is 3. The Bertz CT molecular complexity index is 53.7. The van der Waals surface area contributed by atoms with Gasteiger partial charge in [-0.25, -0.2) is 0 Å².